The molecular weight excluding hydrogens is 594 g/mol. The number of nitrogens with zero attached hydrogens (tertiary/aromatic N) is 1. The fraction of sp³-hybridized carbons (Fsp3) is 0.148. The molecule has 0 aliphatic heterocycles. The maximum absolute atomic E-state index is 13.0. The van der Waals surface area contributed by atoms with Gasteiger partial charge in [-0.15, -0.1) is 0 Å². The predicted molar refractivity (Wildman–Crippen MR) is 147 cm³/mol. The molecule has 0 unspecified atom stereocenters. The lowest BCUT2D eigenvalue weighted by Crippen LogP contribution is -2.20. The highest BCUT2D eigenvalue weighted by Gasteiger charge is 2.30. The van der Waals surface area contributed by atoms with Crippen molar-refractivity contribution in [2.75, 3.05) is 23.8 Å². The Labute approximate surface area is 242 Å². The van der Waals surface area contributed by atoms with E-state index >= 15 is 0 Å². The van der Waals surface area contributed by atoms with E-state index in [4.69, 9.17) is 44.3 Å². The molecule has 0 fully saturated rings. The number of hydrogen-bond donors (Lipinski definition) is 2. The third kappa shape index (κ3) is 8.29. The van der Waals surface area contributed by atoms with Crippen LogP contribution in [0.25, 0.3) is 6.08 Å². The first-order chi connectivity index (χ1) is 18.9. The molecule has 0 spiro atoms. The van der Waals surface area contributed by atoms with Crippen LogP contribution in [0.1, 0.15) is 18.1 Å². The Morgan fingerprint density at radius 2 is 1.68 bits per heavy atom. The summed E-state index contributed by atoms with van der Waals surface area (Å²) in [6.45, 7) is 1.44. The fourth-order valence-electron chi connectivity index (χ4n) is 3.27. The van der Waals surface area contributed by atoms with E-state index < -0.39 is 35.7 Å². The minimum absolute atomic E-state index is 0.00936. The minimum Gasteiger partial charge on any atom is -0.490 e. The van der Waals surface area contributed by atoms with Crippen molar-refractivity contribution in [1.29, 1.82) is 5.26 Å². The van der Waals surface area contributed by atoms with Crippen LogP contribution < -0.4 is 20.1 Å². The van der Waals surface area contributed by atoms with Crippen LogP contribution in [0.4, 0.5) is 24.5 Å². The Morgan fingerprint density at radius 3 is 2.33 bits per heavy atom. The second-order valence-electron chi connectivity index (χ2n) is 7.93. The van der Waals surface area contributed by atoms with Crippen LogP contribution in [0, 0.1) is 11.3 Å². The van der Waals surface area contributed by atoms with Crippen molar-refractivity contribution in [3.05, 3.63) is 86.4 Å². The lowest BCUT2D eigenvalue weighted by molar-refractivity contribution is -0.137. The number of benzene rings is 3. The molecule has 0 saturated heterocycles. The summed E-state index contributed by atoms with van der Waals surface area (Å²) in [5.41, 5.74) is -0.853. The molecule has 2 amide bonds. The number of anilines is 2. The first kappa shape index (κ1) is 30.6. The highest BCUT2D eigenvalue weighted by atomic mass is 35.5. The zero-order valence-electron chi connectivity index (χ0n) is 20.5. The molecule has 3 rings (SSSR count). The van der Waals surface area contributed by atoms with E-state index in [1.165, 1.54) is 36.4 Å². The highest BCUT2D eigenvalue weighted by Crippen LogP contribution is 2.37. The number of nitrogens with one attached hydrogen (secondary N) is 2. The van der Waals surface area contributed by atoms with Gasteiger partial charge >= 0.3 is 6.18 Å². The number of carbonyl (C=O) groups is 2. The Kier molecular flexibility index (Phi) is 10.3. The van der Waals surface area contributed by atoms with Gasteiger partial charge in [0.25, 0.3) is 11.8 Å². The molecule has 0 aliphatic rings. The molecule has 3 aromatic carbocycles. The average molecular weight is 613 g/mol. The Bertz CT molecular complexity index is 1500. The molecule has 0 aromatic heterocycles. The first-order valence-corrected chi connectivity index (χ1v) is 12.5. The monoisotopic (exact) mass is 611 g/mol. The lowest BCUT2D eigenvalue weighted by Gasteiger charge is -2.15. The summed E-state index contributed by atoms with van der Waals surface area (Å²) < 4.78 is 50.1. The Hall–Kier alpha value is -3.91. The van der Waals surface area contributed by atoms with Gasteiger partial charge in [-0.2, -0.15) is 18.4 Å². The number of nitriles is 1. The number of carbonyl (C=O) groups excluding carboxylic acids is 2. The molecular formula is C27H19Cl3F3N3O4. The third-order valence-corrected chi connectivity index (χ3v) is 6.03. The van der Waals surface area contributed by atoms with Gasteiger partial charge in [-0.05, 0) is 67.1 Å². The van der Waals surface area contributed by atoms with E-state index in [2.05, 4.69) is 10.6 Å². The molecule has 3 aromatic rings. The molecule has 7 nitrogen and oxygen atoms in total. The maximum Gasteiger partial charge on any atom is 0.416 e. The number of rotatable bonds is 9. The Morgan fingerprint density at radius 1 is 0.950 bits per heavy atom. The maximum atomic E-state index is 13.0. The number of hydrogen-bond acceptors (Lipinski definition) is 5. The quantitative estimate of drug-likeness (QED) is 0.191. The highest BCUT2D eigenvalue weighted by molar-refractivity contribution is 6.42. The second kappa shape index (κ2) is 13.4. The first-order valence-electron chi connectivity index (χ1n) is 11.4. The van der Waals surface area contributed by atoms with Crippen molar-refractivity contribution in [1.82, 2.24) is 0 Å². The predicted octanol–water partition coefficient (Wildman–Crippen LogP) is 7.63. The topological polar surface area (TPSA) is 100 Å². The van der Waals surface area contributed by atoms with Crippen LogP contribution in [0.15, 0.2) is 60.2 Å². The van der Waals surface area contributed by atoms with Crippen molar-refractivity contribution in [2.24, 2.45) is 0 Å². The number of ether oxygens (including phenoxy) is 2. The molecule has 13 heteroatoms. The Balaban J connectivity index is 1.78. The van der Waals surface area contributed by atoms with E-state index in [9.17, 15) is 28.0 Å². The number of amides is 2. The van der Waals surface area contributed by atoms with Crippen LogP contribution in [-0.4, -0.2) is 25.0 Å². The SMILES string of the molecule is CCOc1cc(/C=C(\C#N)C(=O)Nc2cccc(C(F)(F)F)c2)cc(Cl)c1OCC(=O)Nc1ccc(Cl)c(Cl)c1. The van der Waals surface area contributed by atoms with Gasteiger partial charge in [-0.25, -0.2) is 0 Å². The molecule has 208 valence electrons. The number of halogens is 6. The fourth-order valence-corrected chi connectivity index (χ4v) is 3.84. The summed E-state index contributed by atoms with van der Waals surface area (Å²) in [6, 6.07) is 13.1. The van der Waals surface area contributed by atoms with Gasteiger partial charge in [0, 0.05) is 11.4 Å². The minimum atomic E-state index is -4.60. The molecule has 2 N–H and O–H groups in total. The molecule has 0 aliphatic carbocycles. The summed E-state index contributed by atoms with van der Waals surface area (Å²) >= 11 is 18.2. The van der Waals surface area contributed by atoms with E-state index in [0.29, 0.717) is 10.7 Å². The molecule has 0 atom stereocenters. The molecule has 0 saturated carbocycles. The van der Waals surface area contributed by atoms with E-state index in [0.717, 1.165) is 18.2 Å². The molecule has 0 bridgehead atoms. The standard InChI is InChI=1S/C27H19Cl3F3N3O4/c1-2-39-23-10-15(8-16(13-34)26(38)36-18-5-3-4-17(11-18)27(31,32)33)9-22(30)25(23)40-14-24(37)35-19-6-7-20(28)21(29)12-19/h3-12H,2,14H2,1H3,(H,35,37)(H,36,38)/b16-8+. The van der Waals surface area contributed by atoms with Gasteiger partial charge < -0.3 is 20.1 Å². The molecule has 0 heterocycles. The third-order valence-electron chi connectivity index (χ3n) is 5.01. The summed E-state index contributed by atoms with van der Waals surface area (Å²) in [4.78, 5) is 25.0. The van der Waals surface area contributed by atoms with Crippen LogP contribution in [-0.2, 0) is 15.8 Å². The largest absolute Gasteiger partial charge is 0.490 e. The van der Waals surface area contributed by atoms with Crippen molar-refractivity contribution in [3.8, 4) is 17.6 Å². The zero-order valence-corrected chi connectivity index (χ0v) is 22.8. The van der Waals surface area contributed by atoms with Gasteiger partial charge in [0.05, 0.1) is 27.2 Å². The summed E-state index contributed by atoms with van der Waals surface area (Å²) in [5, 5.41) is 15.0. The number of alkyl halides is 3. The van der Waals surface area contributed by atoms with Crippen LogP contribution in [0.2, 0.25) is 15.1 Å². The van der Waals surface area contributed by atoms with Gasteiger partial charge in [0.2, 0.25) is 0 Å². The van der Waals surface area contributed by atoms with E-state index in [1.807, 2.05) is 0 Å². The van der Waals surface area contributed by atoms with Crippen LogP contribution >= 0.6 is 34.8 Å². The van der Waals surface area contributed by atoms with E-state index in [-0.39, 0.29) is 39.4 Å². The second-order valence-corrected chi connectivity index (χ2v) is 9.15. The zero-order chi connectivity index (χ0) is 29.4. The lowest BCUT2D eigenvalue weighted by atomic mass is 10.1. The average Bonchev–Trinajstić information content (AvgIpc) is 2.88. The van der Waals surface area contributed by atoms with Gasteiger partial charge in [0.15, 0.2) is 18.1 Å². The summed E-state index contributed by atoms with van der Waals surface area (Å²) in [6.07, 6.45) is -3.42. The van der Waals surface area contributed by atoms with Crippen molar-refractivity contribution < 1.29 is 32.2 Å². The summed E-state index contributed by atoms with van der Waals surface area (Å²) in [7, 11) is 0. The smallest absolute Gasteiger partial charge is 0.416 e. The van der Waals surface area contributed by atoms with Crippen molar-refractivity contribution in [3.63, 3.8) is 0 Å². The van der Waals surface area contributed by atoms with Crippen molar-refractivity contribution in [2.45, 2.75) is 13.1 Å². The van der Waals surface area contributed by atoms with Crippen molar-refractivity contribution >= 4 is 64.1 Å². The van der Waals surface area contributed by atoms with Gasteiger partial charge in [-0.3, -0.25) is 9.59 Å². The normalized spacial score (nSPS) is 11.4. The molecule has 40 heavy (non-hydrogen) atoms. The molecule has 0 radical (unpaired) electrons. The summed E-state index contributed by atoms with van der Waals surface area (Å²) in [5.74, 6) is -1.30. The van der Waals surface area contributed by atoms with E-state index in [1.54, 1.807) is 19.1 Å². The van der Waals surface area contributed by atoms with Crippen LogP contribution in [0.5, 0.6) is 11.5 Å². The van der Waals surface area contributed by atoms with Crippen LogP contribution in [0.3, 0.4) is 0 Å². The van der Waals surface area contributed by atoms with Gasteiger partial charge in [0.1, 0.15) is 11.6 Å². The van der Waals surface area contributed by atoms with Gasteiger partial charge in [-0.1, -0.05) is 40.9 Å².